The molecule has 92 valence electrons. The quantitative estimate of drug-likeness (QED) is 0.881. The summed E-state index contributed by atoms with van der Waals surface area (Å²) in [5.41, 5.74) is 0.879. The molecule has 2 aromatic rings. The maximum Gasteiger partial charge on any atom is 0.231 e. The fraction of sp³-hybridized carbons (Fsp3) is 0.500. The molecule has 0 aliphatic carbocycles. The average molecular weight is 235 g/mol. The van der Waals surface area contributed by atoms with Crippen molar-refractivity contribution >= 4 is 0 Å². The second kappa shape index (κ2) is 4.71. The number of nitrogens with one attached hydrogen (secondary N) is 1. The molecule has 2 heterocycles. The van der Waals surface area contributed by atoms with Crippen LogP contribution in [0.15, 0.2) is 21.3 Å². The van der Waals surface area contributed by atoms with Crippen LogP contribution in [-0.4, -0.2) is 23.2 Å². The monoisotopic (exact) mass is 235 g/mol. The molecular formula is C12H17N3O2. The minimum Gasteiger partial charge on any atom is -0.469 e. The zero-order valence-corrected chi connectivity index (χ0v) is 10.5. The number of aromatic nitrogens is 2. The highest BCUT2D eigenvalue weighted by atomic mass is 16.5. The highest BCUT2D eigenvalue weighted by molar-refractivity contribution is 5.56. The van der Waals surface area contributed by atoms with Gasteiger partial charge in [0.05, 0.1) is 17.7 Å². The van der Waals surface area contributed by atoms with Gasteiger partial charge in [0, 0.05) is 6.04 Å². The van der Waals surface area contributed by atoms with Crippen molar-refractivity contribution in [1.29, 1.82) is 0 Å². The normalized spacial score (nSPS) is 14.8. The Bertz CT molecular complexity index is 489. The molecule has 0 saturated heterocycles. The predicted octanol–water partition coefficient (Wildman–Crippen LogP) is 2.35. The summed E-state index contributed by atoms with van der Waals surface area (Å²) in [6.07, 6.45) is 1.63. The first-order chi connectivity index (χ1) is 8.13. The van der Waals surface area contributed by atoms with Gasteiger partial charge in [-0.25, -0.2) is 0 Å². The van der Waals surface area contributed by atoms with E-state index in [4.69, 9.17) is 8.94 Å². The Balaban J connectivity index is 2.25. The summed E-state index contributed by atoms with van der Waals surface area (Å²) >= 11 is 0. The van der Waals surface area contributed by atoms with Crippen LogP contribution in [0.1, 0.15) is 31.4 Å². The summed E-state index contributed by atoms with van der Waals surface area (Å²) in [5.74, 6) is 2.20. The number of hydrogen-bond acceptors (Lipinski definition) is 5. The fourth-order valence-corrected chi connectivity index (χ4v) is 1.61. The lowest BCUT2D eigenvalue weighted by Gasteiger charge is -2.14. The molecule has 2 rings (SSSR count). The van der Waals surface area contributed by atoms with Crippen molar-refractivity contribution in [1.82, 2.24) is 15.5 Å². The molecule has 5 nitrogen and oxygen atoms in total. The second-order valence-corrected chi connectivity index (χ2v) is 4.21. The average Bonchev–Trinajstić information content (AvgIpc) is 2.95. The van der Waals surface area contributed by atoms with Crippen molar-refractivity contribution in [2.24, 2.45) is 0 Å². The Labute approximate surface area is 100 Å². The Morgan fingerprint density at radius 3 is 2.71 bits per heavy atom. The Hall–Kier alpha value is -1.62. The van der Waals surface area contributed by atoms with Crippen molar-refractivity contribution in [3.8, 4) is 11.4 Å². The van der Waals surface area contributed by atoms with Crippen molar-refractivity contribution in [2.45, 2.75) is 32.7 Å². The van der Waals surface area contributed by atoms with Gasteiger partial charge in [-0.1, -0.05) is 12.1 Å². The van der Waals surface area contributed by atoms with E-state index in [0.29, 0.717) is 11.7 Å². The van der Waals surface area contributed by atoms with Gasteiger partial charge in [-0.05, 0) is 27.0 Å². The lowest BCUT2D eigenvalue weighted by molar-refractivity contribution is 0.336. The van der Waals surface area contributed by atoms with Crippen molar-refractivity contribution in [3.63, 3.8) is 0 Å². The maximum absolute atomic E-state index is 5.29. The van der Waals surface area contributed by atoms with E-state index in [-0.39, 0.29) is 12.0 Å². The van der Waals surface area contributed by atoms with E-state index in [1.54, 1.807) is 6.26 Å². The summed E-state index contributed by atoms with van der Waals surface area (Å²) in [6.45, 7) is 6.02. The highest BCUT2D eigenvalue weighted by Gasteiger charge is 2.20. The lowest BCUT2D eigenvalue weighted by atomic mass is 10.0. The SMILES string of the molecule is CNC(C)C(C)c1nc(-c2ccoc2C)no1. The molecule has 0 aliphatic rings. The van der Waals surface area contributed by atoms with Crippen LogP contribution in [0, 0.1) is 6.92 Å². The van der Waals surface area contributed by atoms with Crippen LogP contribution < -0.4 is 5.32 Å². The maximum atomic E-state index is 5.29. The molecule has 0 bridgehead atoms. The number of rotatable bonds is 4. The summed E-state index contributed by atoms with van der Waals surface area (Å²) < 4.78 is 10.5. The molecule has 17 heavy (non-hydrogen) atoms. The highest BCUT2D eigenvalue weighted by Crippen LogP contribution is 2.24. The molecule has 1 N–H and O–H groups in total. The van der Waals surface area contributed by atoms with Gasteiger partial charge in [-0.15, -0.1) is 0 Å². The van der Waals surface area contributed by atoms with Crippen LogP contribution in [0.25, 0.3) is 11.4 Å². The predicted molar refractivity (Wildman–Crippen MR) is 63.7 cm³/mol. The molecule has 2 aromatic heterocycles. The largest absolute Gasteiger partial charge is 0.469 e. The molecule has 2 atom stereocenters. The van der Waals surface area contributed by atoms with E-state index in [1.807, 2.05) is 20.0 Å². The second-order valence-electron chi connectivity index (χ2n) is 4.21. The number of furan rings is 1. The minimum atomic E-state index is 0.174. The van der Waals surface area contributed by atoms with Crippen molar-refractivity contribution in [2.75, 3.05) is 7.05 Å². The molecule has 5 heteroatoms. The van der Waals surface area contributed by atoms with E-state index in [9.17, 15) is 0 Å². The van der Waals surface area contributed by atoms with Crippen LogP contribution in [-0.2, 0) is 0 Å². The number of likely N-dealkylation sites (N-methyl/N-ethyl adjacent to an activating group) is 1. The molecule has 0 aromatic carbocycles. The number of nitrogens with zero attached hydrogens (tertiary/aromatic N) is 2. The standard InChI is InChI=1S/C12H17N3O2/c1-7(8(2)13-4)12-14-11(15-17-12)10-5-6-16-9(10)3/h5-8,13H,1-4H3. The van der Waals surface area contributed by atoms with Gasteiger partial charge in [-0.3, -0.25) is 0 Å². The summed E-state index contributed by atoms with van der Waals surface area (Å²) in [4.78, 5) is 4.40. The first kappa shape index (κ1) is 11.9. The molecule has 0 spiro atoms. The first-order valence-electron chi connectivity index (χ1n) is 5.68. The topological polar surface area (TPSA) is 64.1 Å². The molecule has 2 unspecified atom stereocenters. The molecule has 0 radical (unpaired) electrons. The van der Waals surface area contributed by atoms with Crippen LogP contribution in [0.3, 0.4) is 0 Å². The van der Waals surface area contributed by atoms with E-state index < -0.39 is 0 Å². The third kappa shape index (κ3) is 2.24. The fourth-order valence-electron chi connectivity index (χ4n) is 1.61. The van der Waals surface area contributed by atoms with Crippen LogP contribution in [0.2, 0.25) is 0 Å². The molecule has 0 amide bonds. The Kier molecular flexibility index (Phi) is 3.28. The van der Waals surface area contributed by atoms with Gasteiger partial charge in [0.25, 0.3) is 0 Å². The molecule has 0 aliphatic heterocycles. The minimum absolute atomic E-state index is 0.174. The van der Waals surface area contributed by atoms with Gasteiger partial charge in [-0.2, -0.15) is 4.98 Å². The van der Waals surface area contributed by atoms with Crippen molar-refractivity contribution < 1.29 is 8.94 Å². The van der Waals surface area contributed by atoms with Gasteiger partial charge in [0.15, 0.2) is 0 Å². The first-order valence-corrected chi connectivity index (χ1v) is 5.68. The molecular weight excluding hydrogens is 218 g/mol. The van der Waals surface area contributed by atoms with Gasteiger partial charge in [0.2, 0.25) is 11.7 Å². The summed E-state index contributed by atoms with van der Waals surface area (Å²) in [7, 11) is 1.92. The van der Waals surface area contributed by atoms with E-state index in [1.165, 1.54) is 0 Å². The Morgan fingerprint density at radius 2 is 2.12 bits per heavy atom. The van der Waals surface area contributed by atoms with E-state index >= 15 is 0 Å². The van der Waals surface area contributed by atoms with Crippen LogP contribution in [0.4, 0.5) is 0 Å². The third-order valence-electron chi connectivity index (χ3n) is 3.14. The van der Waals surface area contributed by atoms with E-state index in [2.05, 4.69) is 29.3 Å². The van der Waals surface area contributed by atoms with Gasteiger partial charge >= 0.3 is 0 Å². The van der Waals surface area contributed by atoms with Gasteiger partial charge in [0.1, 0.15) is 5.76 Å². The van der Waals surface area contributed by atoms with Crippen molar-refractivity contribution in [3.05, 3.63) is 24.0 Å². The zero-order valence-electron chi connectivity index (χ0n) is 10.5. The smallest absolute Gasteiger partial charge is 0.231 e. The van der Waals surface area contributed by atoms with Crippen LogP contribution in [0.5, 0.6) is 0 Å². The molecule has 0 fully saturated rings. The van der Waals surface area contributed by atoms with Crippen LogP contribution >= 0.6 is 0 Å². The Morgan fingerprint density at radius 1 is 1.35 bits per heavy atom. The third-order valence-corrected chi connectivity index (χ3v) is 3.14. The summed E-state index contributed by atoms with van der Waals surface area (Å²) in [6, 6.07) is 2.13. The zero-order chi connectivity index (χ0) is 12.4. The number of hydrogen-bond donors (Lipinski definition) is 1. The molecule has 0 saturated carbocycles. The summed E-state index contributed by atoms with van der Waals surface area (Å²) in [5, 5.41) is 7.16. The number of aryl methyl sites for hydroxylation is 1. The van der Waals surface area contributed by atoms with E-state index in [0.717, 1.165) is 11.3 Å². The lowest BCUT2D eigenvalue weighted by Crippen LogP contribution is -2.27. The van der Waals surface area contributed by atoms with Gasteiger partial charge < -0.3 is 14.3 Å².